The van der Waals surface area contributed by atoms with Crippen molar-refractivity contribution >= 4 is 0 Å². The Kier molecular flexibility index (Phi) is 3.83. The number of hydrogen-bond donors (Lipinski definition) is 0. The molecule has 2 nitrogen and oxygen atoms in total. The van der Waals surface area contributed by atoms with Crippen LogP contribution in [0.4, 0.5) is 0 Å². The third kappa shape index (κ3) is 3.46. The number of nitrogens with zero attached hydrogens (tertiary/aromatic N) is 1. The predicted molar refractivity (Wildman–Crippen MR) is 60.0 cm³/mol. The lowest BCUT2D eigenvalue weighted by molar-refractivity contribution is 0.0595. The van der Waals surface area contributed by atoms with Crippen LogP contribution in [0.1, 0.15) is 34.6 Å². The van der Waals surface area contributed by atoms with E-state index in [2.05, 4.69) is 5.32 Å². The summed E-state index contributed by atoms with van der Waals surface area (Å²) >= 11 is 0. The first kappa shape index (κ1) is 13.0. The Bertz CT molecular complexity index is 199. The van der Waals surface area contributed by atoms with Crippen LogP contribution < -0.4 is 5.32 Å². The maximum atomic E-state index is 11.8. The van der Waals surface area contributed by atoms with Crippen LogP contribution in [0.2, 0.25) is 0 Å². The lowest BCUT2D eigenvalue weighted by atomic mass is 9.84. The second kappa shape index (κ2) is 4.42. The highest BCUT2D eigenvalue weighted by Gasteiger charge is 2.39. The van der Waals surface area contributed by atoms with Gasteiger partial charge in [0, 0.05) is 16.9 Å². The quantitative estimate of drug-likeness (QED) is 0.679. The molecule has 1 aliphatic carbocycles. The Morgan fingerprint density at radius 1 is 1.07 bits per heavy atom. The van der Waals surface area contributed by atoms with Gasteiger partial charge in [-0.2, -0.15) is 5.32 Å². The van der Waals surface area contributed by atoms with E-state index < -0.39 is 11.0 Å². The molecule has 1 rings (SSSR count). The van der Waals surface area contributed by atoms with Crippen LogP contribution in [-0.2, 0) is 5.11 Å². The normalized spacial score (nSPS) is 20.2. The molecule has 0 spiro atoms. The van der Waals surface area contributed by atoms with E-state index in [4.69, 9.17) is 0 Å². The van der Waals surface area contributed by atoms with Crippen LogP contribution >= 0.6 is 0 Å². The standard InChI is InChI=1S/C13H19NO/c1-12(2,3)11(15)14-13(4,5)10-8-6-7-9-10/h6-9H,1-5H3. The molecule has 0 heterocycles. The maximum absolute atomic E-state index is 11.8. The van der Waals surface area contributed by atoms with Crippen molar-refractivity contribution in [3.8, 4) is 0 Å². The second-order valence-electron chi connectivity index (χ2n) is 5.40. The van der Waals surface area contributed by atoms with Crippen molar-refractivity contribution < 1.29 is 5.11 Å². The van der Waals surface area contributed by atoms with Gasteiger partial charge in [0.1, 0.15) is 0 Å². The van der Waals surface area contributed by atoms with E-state index >= 15 is 0 Å². The SMILES string of the molecule is CC(C)(C)[C]([O])[N]C(C)(C)[C]1[CH][CH][CH][CH]1. The third-order valence-corrected chi connectivity index (χ3v) is 2.39. The van der Waals surface area contributed by atoms with Crippen molar-refractivity contribution in [2.24, 2.45) is 5.41 Å². The summed E-state index contributed by atoms with van der Waals surface area (Å²) in [6, 6.07) is 0. The summed E-state index contributed by atoms with van der Waals surface area (Å²) in [5.74, 6) is 1.08. The van der Waals surface area contributed by atoms with Crippen molar-refractivity contribution in [2.75, 3.05) is 0 Å². The molecule has 0 bridgehead atoms. The Hall–Kier alpha value is -0.0800. The molecule has 1 fully saturated rings. The van der Waals surface area contributed by atoms with E-state index in [1.165, 1.54) is 0 Å². The van der Waals surface area contributed by atoms with Gasteiger partial charge in [0.25, 0.3) is 0 Å². The van der Waals surface area contributed by atoms with Gasteiger partial charge in [-0.05, 0) is 39.5 Å². The molecule has 0 aromatic carbocycles. The average molecular weight is 205 g/mol. The Labute approximate surface area is 94.5 Å². The van der Waals surface area contributed by atoms with Gasteiger partial charge in [0.05, 0.1) is 0 Å². The van der Waals surface area contributed by atoms with E-state index in [-0.39, 0.29) is 6.23 Å². The molecular weight excluding hydrogens is 186 g/mol. The van der Waals surface area contributed by atoms with E-state index in [0.29, 0.717) is 0 Å². The predicted octanol–water partition coefficient (Wildman–Crippen LogP) is 2.74. The van der Waals surface area contributed by atoms with Crippen LogP contribution in [0, 0.1) is 43.2 Å². The van der Waals surface area contributed by atoms with E-state index in [0.717, 1.165) is 5.92 Å². The monoisotopic (exact) mass is 205 g/mol. The Morgan fingerprint density at radius 3 is 1.93 bits per heavy atom. The molecule has 8 radical (unpaired) electrons. The molecule has 0 unspecified atom stereocenters. The van der Waals surface area contributed by atoms with Crippen LogP contribution in [0.3, 0.4) is 0 Å². The summed E-state index contributed by atoms with van der Waals surface area (Å²) < 4.78 is 0. The maximum Gasteiger partial charge on any atom is 0.222 e. The van der Waals surface area contributed by atoms with Gasteiger partial charge in [-0.1, -0.05) is 20.8 Å². The summed E-state index contributed by atoms with van der Waals surface area (Å²) in [6.07, 6.45) is 7.88. The Balaban J connectivity index is 2.55. The summed E-state index contributed by atoms with van der Waals surface area (Å²) in [7, 11) is 0. The molecule has 0 amide bonds. The summed E-state index contributed by atoms with van der Waals surface area (Å²) in [5, 5.41) is 16.1. The first-order valence-electron chi connectivity index (χ1n) is 5.23. The van der Waals surface area contributed by atoms with Crippen molar-refractivity contribution in [2.45, 2.75) is 40.2 Å². The largest absolute Gasteiger partial charge is 0.222 e. The van der Waals surface area contributed by atoms with E-state index in [9.17, 15) is 5.11 Å². The molecule has 82 valence electrons. The molecule has 0 aromatic heterocycles. The van der Waals surface area contributed by atoms with Gasteiger partial charge in [0.2, 0.25) is 6.23 Å². The fourth-order valence-corrected chi connectivity index (χ4v) is 1.27. The average Bonchev–Trinajstić information content (AvgIpc) is 2.52. The van der Waals surface area contributed by atoms with Crippen molar-refractivity contribution in [3.05, 3.63) is 37.8 Å². The fourth-order valence-electron chi connectivity index (χ4n) is 1.27. The van der Waals surface area contributed by atoms with Crippen molar-refractivity contribution in [1.29, 1.82) is 0 Å². The zero-order valence-corrected chi connectivity index (χ0v) is 10.2. The first-order valence-corrected chi connectivity index (χ1v) is 5.23. The lowest BCUT2D eigenvalue weighted by Gasteiger charge is -2.34. The highest BCUT2D eigenvalue weighted by atomic mass is 16.3. The van der Waals surface area contributed by atoms with Gasteiger partial charge in [-0.25, -0.2) is 5.11 Å². The van der Waals surface area contributed by atoms with Gasteiger partial charge < -0.3 is 0 Å². The third-order valence-electron chi connectivity index (χ3n) is 2.39. The molecule has 0 saturated heterocycles. The number of rotatable bonds is 3. The topological polar surface area (TPSA) is 34.0 Å². The van der Waals surface area contributed by atoms with E-state index in [1.54, 1.807) is 0 Å². The summed E-state index contributed by atoms with van der Waals surface area (Å²) in [5.41, 5.74) is -0.822. The molecule has 0 aromatic rings. The van der Waals surface area contributed by atoms with Crippen molar-refractivity contribution in [1.82, 2.24) is 5.32 Å². The molecule has 15 heavy (non-hydrogen) atoms. The van der Waals surface area contributed by atoms with Crippen LogP contribution in [0.25, 0.3) is 0 Å². The first-order chi connectivity index (χ1) is 6.73. The van der Waals surface area contributed by atoms with Crippen LogP contribution in [0.15, 0.2) is 0 Å². The molecule has 2 heteroatoms. The number of hydrogen-bond acceptors (Lipinski definition) is 0. The van der Waals surface area contributed by atoms with Crippen LogP contribution in [-0.4, -0.2) is 5.54 Å². The molecule has 0 N–H and O–H groups in total. The van der Waals surface area contributed by atoms with Gasteiger partial charge in [-0.3, -0.25) is 0 Å². The summed E-state index contributed by atoms with van der Waals surface area (Å²) in [4.78, 5) is 0. The molecule has 0 atom stereocenters. The molecule has 1 aliphatic rings. The fraction of sp³-hybridized carbons (Fsp3) is 0.538. The van der Waals surface area contributed by atoms with Gasteiger partial charge in [-0.15, -0.1) is 0 Å². The van der Waals surface area contributed by atoms with Gasteiger partial charge in [0.15, 0.2) is 0 Å². The molecular formula is C13H19NO. The van der Waals surface area contributed by atoms with Crippen molar-refractivity contribution in [3.63, 3.8) is 0 Å². The van der Waals surface area contributed by atoms with E-state index in [1.807, 2.05) is 60.3 Å². The highest BCUT2D eigenvalue weighted by molar-refractivity contribution is 5.41. The lowest BCUT2D eigenvalue weighted by Crippen LogP contribution is -2.44. The molecule has 0 aliphatic heterocycles. The van der Waals surface area contributed by atoms with Crippen LogP contribution in [0.5, 0.6) is 0 Å². The minimum absolute atomic E-state index is 0.0475. The second-order valence-corrected chi connectivity index (χ2v) is 5.40. The zero-order valence-electron chi connectivity index (χ0n) is 10.2. The summed E-state index contributed by atoms with van der Waals surface area (Å²) in [6.45, 7) is 9.59. The minimum Gasteiger partial charge on any atom is -0.205 e. The Morgan fingerprint density at radius 2 is 1.53 bits per heavy atom. The zero-order chi connectivity index (χ0) is 11.7. The van der Waals surface area contributed by atoms with Gasteiger partial charge >= 0.3 is 0 Å². The smallest absolute Gasteiger partial charge is 0.205 e. The minimum atomic E-state index is -0.423. The molecule has 1 saturated carbocycles. The highest BCUT2D eigenvalue weighted by Crippen LogP contribution is 2.37.